The van der Waals surface area contributed by atoms with Crippen LogP contribution in [0.2, 0.25) is 0 Å². The van der Waals surface area contributed by atoms with Crippen molar-refractivity contribution in [2.45, 2.75) is 13.5 Å². The lowest BCUT2D eigenvalue weighted by atomic mass is 10.2. The molecular formula is C9H11IO. The molecule has 0 radical (unpaired) electrons. The normalized spacial score (nSPS) is 10.0. The number of halogens is 1. The van der Waals surface area contributed by atoms with E-state index in [2.05, 4.69) is 46.9 Å². The third kappa shape index (κ3) is 3.20. The monoisotopic (exact) mass is 262 g/mol. The van der Waals surface area contributed by atoms with Crippen LogP contribution >= 0.6 is 22.6 Å². The van der Waals surface area contributed by atoms with Crippen molar-refractivity contribution >= 4 is 22.6 Å². The first kappa shape index (κ1) is 9.00. The number of benzene rings is 1. The predicted octanol–water partition coefficient (Wildman–Crippen LogP) is 2.83. The zero-order chi connectivity index (χ0) is 8.10. The van der Waals surface area contributed by atoms with Gasteiger partial charge in [-0.25, -0.2) is 0 Å². The molecule has 0 unspecified atom stereocenters. The molecule has 0 aliphatic carbocycles. The van der Waals surface area contributed by atoms with Crippen molar-refractivity contribution in [2.75, 3.05) is 6.61 Å². The molecule has 1 aromatic carbocycles. The minimum Gasteiger partial charge on any atom is -0.377 e. The van der Waals surface area contributed by atoms with Crippen LogP contribution in [0.3, 0.4) is 0 Å². The van der Waals surface area contributed by atoms with Gasteiger partial charge in [0.2, 0.25) is 0 Å². The standard InChI is InChI=1S/C9H11IO/c1-2-11-7-8-4-3-5-9(10)6-8/h3-6H,2,7H2,1H3. The van der Waals surface area contributed by atoms with Gasteiger partial charge in [0.1, 0.15) is 0 Å². The molecule has 0 N–H and O–H groups in total. The molecular weight excluding hydrogens is 251 g/mol. The van der Waals surface area contributed by atoms with Crippen LogP contribution in [0.15, 0.2) is 24.3 Å². The Morgan fingerprint density at radius 1 is 1.45 bits per heavy atom. The van der Waals surface area contributed by atoms with Crippen molar-refractivity contribution in [2.24, 2.45) is 0 Å². The van der Waals surface area contributed by atoms with Crippen LogP contribution in [0.25, 0.3) is 0 Å². The van der Waals surface area contributed by atoms with Gasteiger partial charge in [0, 0.05) is 10.2 Å². The van der Waals surface area contributed by atoms with Crippen LogP contribution < -0.4 is 0 Å². The van der Waals surface area contributed by atoms with E-state index in [0.29, 0.717) is 0 Å². The summed E-state index contributed by atoms with van der Waals surface area (Å²) in [7, 11) is 0. The Morgan fingerprint density at radius 3 is 2.91 bits per heavy atom. The maximum atomic E-state index is 5.27. The van der Waals surface area contributed by atoms with Crippen molar-refractivity contribution in [3.05, 3.63) is 33.4 Å². The molecule has 1 rings (SSSR count). The Kier molecular flexibility index (Phi) is 3.86. The second-order valence-electron chi connectivity index (χ2n) is 2.27. The molecule has 2 heteroatoms. The van der Waals surface area contributed by atoms with Gasteiger partial charge in [-0.05, 0) is 47.2 Å². The van der Waals surface area contributed by atoms with E-state index >= 15 is 0 Å². The second-order valence-corrected chi connectivity index (χ2v) is 3.51. The Labute approximate surface area is 80.9 Å². The number of ether oxygens (including phenoxy) is 1. The van der Waals surface area contributed by atoms with Crippen LogP contribution in [0.4, 0.5) is 0 Å². The molecule has 0 amide bonds. The predicted molar refractivity (Wildman–Crippen MR) is 54.5 cm³/mol. The average Bonchev–Trinajstić information content (AvgIpc) is 2.01. The van der Waals surface area contributed by atoms with Gasteiger partial charge in [0.05, 0.1) is 6.61 Å². The van der Waals surface area contributed by atoms with Gasteiger partial charge in [0.25, 0.3) is 0 Å². The summed E-state index contributed by atoms with van der Waals surface area (Å²) < 4.78 is 6.53. The van der Waals surface area contributed by atoms with Crippen molar-refractivity contribution in [1.82, 2.24) is 0 Å². The summed E-state index contributed by atoms with van der Waals surface area (Å²) in [6.45, 7) is 3.52. The first-order chi connectivity index (χ1) is 5.33. The maximum absolute atomic E-state index is 5.27. The largest absolute Gasteiger partial charge is 0.377 e. The Bertz CT molecular complexity index is 223. The third-order valence-corrected chi connectivity index (χ3v) is 2.03. The van der Waals surface area contributed by atoms with E-state index < -0.39 is 0 Å². The summed E-state index contributed by atoms with van der Waals surface area (Å²) in [5.74, 6) is 0. The van der Waals surface area contributed by atoms with Gasteiger partial charge >= 0.3 is 0 Å². The van der Waals surface area contributed by atoms with Crippen LogP contribution in [-0.2, 0) is 11.3 Å². The molecule has 0 atom stereocenters. The molecule has 1 aromatic rings. The number of hydrogen-bond donors (Lipinski definition) is 0. The van der Waals surface area contributed by atoms with Gasteiger partial charge in [-0.1, -0.05) is 12.1 Å². The molecule has 60 valence electrons. The van der Waals surface area contributed by atoms with Crippen molar-refractivity contribution in [1.29, 1.82) is 0 Å². The average molecular weight is 262 g/mol. The first-order valence-electron chi connectivity index (χ1n) is 3.65. The lowest BCUT2D eigenvalue weighted by Gasteiger charge is -2.00. The number of rotatable bonds is 3. The second kappa shape index (κ2) is 4.72. The van der Waals surface area contributed by atoms with Crippen LogP contribution in [-0.4, -0.2) is 6.61 Å². The fourth-order valence-corrected chi connectivity index (χ4v) is 1.45. The summed E-state index contributed by atoms with van der Waals surface area (Å²) in [5, 5.41) is 0. The summed E-state index contributed by atoms with van der Waals surface area (Å²) in [6.07, 6.45) is 0. The fraction of sp³-hybridized carbons (Fsp3) is 0.333. The molecule has 0 saturated heterocycles. The van der Waals surface area contributed by atoms with Crippen molar-refractivity contribution in [3.63, 3.8) is 0 Å². The third-order valence-electron chi connectivity index (χ3n) is 1.36. The van der Waals surface area contributed by atoms with E-state index in [1.54, 1.807) is 0 Å². The maximum Gasteiger partial charge on any atom is 0.0717 e. The van der Waals surface area contributed by atoms with Gasteiger partial charge < -0.3 is 4.74 Å². The van der Waals surface area contributed by atoms with Crippen LogP contribution in [0.5, 0.6) is 0 Å². The first-order valence-corrected chi connectivity index (χ1v) is 4.73. The molecule has 0 bridgehead atoms. The van der Waals surface area contributed by atoms with Crippen LogP contribution in [0.1, 0.15) is 12.5 Å². The zero-order valence-electron chi connectivity index (χ0n) is 6.51. The Morgan fingerprint density at radius 2 is 2.27 bits per heavy atom. The van der Waals surface area contributed by atoms with E-state index in [9.17, 15) is 0 Å². The molecule has 1 nitrogen and oxygen atoms in total. The van der Waals surface area contributed by atoms with Gasteiger partial charge in [0.15, 0.2) is 0 Å². The topological polar surface area (TPSA) is 9.23 Å². The molecule has 0 saturated carbocycles. The van der Waals surface area contributed by atoms with E-state index in [0.717, 1.165) is 13.2 Å². The van der Waals surface area contributed by atoms with Gasteiger partial charge in [-0.3, -0.25) is 0 Å². The highest BCUT2D eigenvalue weighted by atomic mass is 127. The Hall–Kier alpha value is -0.0900. The zero-order valence-corrected chi connectivity index (χ0v) is 8.67. The fourth-order valence-electron chi connectivity index (χ4n) is 0.847. The molecule has 0 aromatic heterocycles. The lowest BCUT2D eigenvalue weighted by molar-refractivity contribution is 0.134. The van der Waals surface area contributed by atoms with E-state index in [-0.39, 0.29) is 0 Å². The summed E-state index contributed by atoms with van der Waals surface area (Å²) in [5.41, 5.74) is 1.25. The number of hydrogen-bond acceptors (Lipinski definition) is 1. The SMILES string of the molecule is CCOCc1cccc(I)c1. The molecule has 11 heavy (non-hydrogen) atoms. The molecule has 0 spiro atoms. The van der Waals surface area contributed by atoms with Crippen molar-refractivity contribution < 1.29 is 4.74 Å². The summed E-state index contributed by atoms with van der Waals surface area (Å²) in [6, 6.07) is 8.35. The van der Waals surface area contributed by atoms with Gasteiger partial charge in [-0.15, -0.1) is 0 Å². The Balaban J connectivity index is 2.56. The quantitative estimate of drug-likeness (QED) is 0.761. The minimum absolute atomic E-state index is 0.730. The van der Waals surface area contributed by atoms with E-state index in [4.69, 9.17) is 4.74 Å². The molecule has 0 aliphatic rings. The molecule has 0 aliphatic heterocycles. The summed E-state index contributed by atoms with van der Waals surface area (Å²) in [4.78, 5) is 0. The minimum atomic E-state index is 0.730. The molecule has 0 fully saturated rings. The van der Waals surface area contributed by atoms with E-state index in [1.165, 1.54) is 9.13 Å². The highest BCUT2D eigenvalue weighted by molar-refractivity contribution is 14.1. The highest BCUT2D eigenvalue weighted by Gasteiger charge is 1.91. The van der Waals surface area contributed by atoms with Gasteiger partial charge in [-0.2, -0.15) is 0 Å². The van der Waals surface area contributed by atoms with Crippen molar-refractivity contribution in [3.8, 4) is 0 Å². The highest BCUT2D eigenvalue weighted by Crippen LogP contribution is 2.08. The molecule has 0 heterocycles. The lowest BCUT2D eigenvalue weighted by Crippen LogP contribution is -1.91. The summed E-state index contributed by atoms with van der Waals surface area (Å²) >= 11 is 2.30. The van der Waals surface area contributed by atoms with Crippen LogP contribution in [0, 0.1) is 3.57 Å². The smallest absolute Gasteiger partial charge is 0.0717 e. The van der Waals surface area contributed by atoms with E-state index in [1.807, 2.05) is 6.92 Å².